The monoisotopic (exact) mass is 337 g/mol. The minimum Gasteiger partial charge on any atom is -0.481 e. The van der Waals surface area contributed by atoms with Crippen LogP contribution in [0.2, 0.25) is 0 Å². The summed E-state index contributed by atoms with van der Waals surface area (Å²) in [5.41, 5.74) is 2.90. The molecule has 0 bridgehead atoms. The summed E-state index contributed by atoms with van der Waals surface area (Å²) in [6.07, 6.45) is -0.695. The summed E-state index contributed by atoms with van der Waals surface area (Å²) in [6, 6.07) is 15.1. The van der Waals surface area contributed by atoms with Gasteiger partial charge in [-0.2, -0.15) is 4.98 Å². The molecule has 1 N–H and O–H groups in total. The fourth-order valence-electron chi connectivity index (χ4n) is 2.28. The van der Waals surface area contributed by atoms with Gasteiger partial charge < -0.3 is 9.26 Å². The number of aryl methyl sites for hydroxylation is 1. The van der Waals surface area contributed by atoms with E-state index in [4.69, 9.17) is 9.26 Å². The molecular weight excluding hydrogens is 318 g/mol. The number of nitrogens with one attached hydrogen (secondary N) is 1. The SMILES string of the molecule is Cc1cccc(OC(C)C(=O)Nc2noc(-c3ccccc3)n2)c1C. The first kappa shape index (κ1) is 16.7. The Morgan fingerprint density at radius 2 is 1.88 bits per heavy atom. The van der Waals surface area contributed by atoms with E-state index in [9.17, 15) is 4.79 Å². The van der Waals surface area contributed by atoms with Gasteiger partial charge in [-0.1, -0.05) is 30.3 Å². The van der Waals surface area contributed by atoms with Gasteiger partial charge in [0, 0.05) is 5.56 Å². The quantitative estimate of drug-likeness (QED) is 0.767. The second kappa shape index (κ2) is 7.17. The van der Waals surface area contributed by atoms with Crippen LogP contribution in [-0.4, -0.2) is 22.2 Å². The molecule has 1 aromatic heterocycles. The molecule has 0 saturated carbocycles. The molecule has 2 aromatic carbocycles. The van der Waals surface area contributed by atoms with Gasteiger partial charge >= 0.3 is 0 Å². The number of rotatable bonds is 5. The van der Waals surface area contributed by atoms with Crippen LogP contribution < -0.4 is 10.1 Å². The van der Waals surface area contributed by atoms with Gasteiger partial charge in [0.25, 0.3) is 17.7 Å². The molecule has 6 nitrogen and oxygen atoms in total. The lowest BCUT2D eigenvalue weighted by molar-refractivity contribution is -0.122. The first-order chi connectivity index (χ1) is 12.0. The molecule has 1 atom stereocenters. The molecular formula is C19H19N3O3. The van der Waals surface area contributed by atoms with E-state index >= 15 is 0 Å². The van der Waals surface area contributed by atoms with Crippen LogP contribution in [0.3, 0.4) is 0 Å². The van der Waals surface area contributed by atoms with Crippen LogP contribution in [0.1, 0.15) is 18.1 Å². The Bertz CT molecular complexity index is 875. The zero-order valence-corrected chi connectivity index (χ0v) is 14.3. The molecule has 1 unspecified atom stereocenters. The van der Waals surface area contributed by atoms with Gasteiger partial charge in [0.15, 0.2) is 6.10 Å². The molecule has 0 aliphatic rings. The van der Waals surface area contributed by atoms with Gasteiger partial charge in [0.05, 0.1) is 0 Å². The lowest BCUT2D eigenvalue weighted by Crippen LogP contribution is -2.30. The number of anilines is 1. The summed E-state index contributed by atoms with van der Waals surface area (Å²) in [7, 11) is 0. The third-order valence-electron chi connectivity index (χ3n) is 3.91. The van der Waals surface area contributed by atoms with E-state index in [1.807, 2.05) is 62.4 Å². The maximum absolute atomic E-state index is 12.3. The van der Waals surface area contributed by atoms with Crippen LogP contribution in [0.25, 0.3) is 11.5 Å². The number of benzene rings is 2. The summed E-state index contributed by atoms with van der Waals surface area (Å²) in [5.74, 6) is 0.793. The predicted molar refractivity (Wildman–Crippen MR) is 94.4 cm³/mol. The summed E-state index contributed by atoms with van der Waals surface area (Å²) >= 11 is 0. The molecule has 25 heavy (non-hydrogen) atoms. The van der Waals surface area contributed by atoms with Crippen molar-refractivity contribution in [2.75, 3.05) is 5.32 Å². The summed E-state index contributed by atoms with van der Waals surface area (Å²) < 4.78 is 10.9. The standard InChI is InChI=1S/C19H19N3O3/c1-12-8-7-11-16(13(12)2)24-14(3)17(23)20-19-21-18(25-22-19)15-9-5-4-6-10-15/h4-11,14H,1-3H3,(H,20,22,23). The van der Waals surface area contributed by atoms with E-state index in [1.54, 1.807) is 6.92 Å². The summed E-state index contributed by atoms with van der Waals surface area (Å²) in [4.78, 5) is 16.5. The van der Waals surface area contributed by atoms with Crippen LogP contribution in [0, 0.1) is 13.8 Å². The fourth-order valence-corrected chi connectivity index (χ4v) is 2.28. The average molecular weight is 337 g/mol. The Morgan fingerprint density at radius 3 is 2.64 bits per heavy atom. The maximum Gasteiger partial charge on any atom is 0.270 e. The Kier molecular flexibility index (Phi) is 4.79. The van der Waals surface area contributed by atoms with Gasteiger partial charge in [-0.25, -0.2) is 0 Å². The van der Waals surface area contributed by atoms with Crippen molar-refractivity contribution in [3.63, 3.8) is 0 Å². The van der Waals surface area contributed by atoms with Crippen molar-refractivity contribution >= 4 is 11.9 Å². The number of aromatic nitrogens is 2. The molecule has 128 valence electrons. The zero-order valence-electron chi connectivity index (χ0n) is 14.3. The number of ether oxygens (including phenoxy) is 1. The van der Waals surface area contributed by atoms with E-state index in [1.165, 1.54) is 0 Å². The Morgan fingerprint density at radius 1 is 1.12 bits per heavy atom. The van der Waals surface area contributed by atoms with Crippen molar-refractivity contribution in [3.05, 3.63) is 59.7 Å². The van der Waals surface area contributed by atoms with Crippen molar-refractivity contribution in [1.29, 1.82) is 0 Å². The second-order valence-corrected chi connectivity index (χ2v) is 5.74. The first-order valence-corrected chi connectivity index (χ1v) is 7.97. The molecule has 6 heteroatoms. The number of amides is 1. The highest BCUT2D eigenvalue weighted by atomic mass is 16.5. The zero-order chi connectivity index (χ0) is 17.8. The predicted octanol–water partition coefficient (Wildman–Crippen LogP) is 3.76. The van der Waals surface area contributed by atoms with Gasteiger partial charge in [-0.15, -0.1) is 0 Å². The number of hydrogen-bond donors (Lipinski definition) is 1. The fraction of sp³-hybridized carbons (Fsp3) is 0.211. The third-order valence-corrected chi connectivity index (χ3v) is 3.91. The average Bonchev–Trinajstić information content (AvgIpc) is 3.08. The largest absolute Gasteiger partial charge is 0.481 e. The lowest BCUT2D eigenvalue weighted by atomic mass is 10.1. The highest BCUT2D eigenvalue weighted by Gasteiger charge is 2.19. The van der Waals surface area contributed by atoms with E-state index in [2.05, 4.69) is 15.5 Å². The van der Waals surface area contributed by atoms with Crippen molar-refractivity contribution in [3.8, 4) is 17.2 Å². The lowest BCUT2D eigenvalue weighted by Gasteiger charge is -2.16. The molecule has 0 radical (unpaired) electrons. The molecule has 0 aliphatic heterocycles. The second-order valence-electron chi connectivity index (χ2n) is 5.74. The highest BCUT2D eigenvalue weighted by Crippen LogP contribution is 2.22. The van der Waals surface area contributed by atoms with Crippen LogP contribution in [0.15, 0.2) is 53.1 Å². The molecule has 1 heterocycles. The van der Waals surface area contributed by atoms with Crippen molar-refractivity contribution < 1.29 is 14.1 Å². The molecule has 0 aliphatic carbocycles. The van der Waals surface area contributed by atoms with Gasteiger partial charge in [0.2, 0.25) is 0 Å². The van der Waals surface area contributed by atoms with Gasteiger partial charge in [0.1, 0.15) is 5.75 Å². The first-order valence-electron chi connectivity index (χ1n) is 7.97. The van der Waals surface area contributed by atoms with Crippen LogP contribution in [0.5, 0.6) is 5.75 Å². The topological polar surface area (TPSA) is 77.2 Å². The number of hydrogen-bond acceptors (Lipinski definition) is 5. The van der Waals surface area contributed by atoms with Crippen molar-refractivity contribution in [1.82, 2.24) is 10.1 Å². The Balaban J connectivity index is 1.66. The van der Waals surface area contributed by atoms with Crippen LogP contribution >= 0.6 is 0 Å². The molecule has 0 saturated heterocycles. The molecule has 3 rings (SSSR count). The normalized spacial score (nSPS) is 11.8. The van der Waals surface area contributed by atoms with Gasteiger partial charge in [-0.3, -0.25) is 10.1 Å². The van der Waals surface area contributed by atoms with Crippen LogP contribution in [-0.2, 0) is 4.79 Å². The van der Waals surface area contributed by atoms with E-state index in [0.29, 0.717) is 11.6 Å². The Hall–Kier alpha value is -3.15. The molecule has 3 aromatic rings. The van der Waals surface area contributed by atoms with Crippen LogP contribution in [0.4, 0.5) is 5.95 Å². The van der Waals surface area contributed by atoms with Crippen molar-refractivity contribution in [2.45, 2.75) is 26.9 Å². The number of carbonyl (C=O) groups is 1. The molecule has 0 fully saturated rings. The van der Waals surface area contributed by atoms with Gasteiger partial charge in [-0.05, 0) is 55.3 Å². The Labute approximate surface area is 145 Å². The summed E-state index contributed by atoms with van der Waals surface area (Å²) in [6.45, 7) is 5.63. The minimum absolute atomic E-state index is 0.111. The van der Waals surface area contributed by atoms with Crippen molar-refractivity contribution in [2.24, 2.45) is 0 Å². The maximum atomic E-state index is 12.3. The third kappa shape index (κ3) is 3.85. The highest BCUT2D eigenvalue weighted by molar-refractivity contribution is 5.92. The van der Waals surface area contributed by atoms with E-state index in [-0.39, 0.29) is 11.9 Å². The molecule has 0 spiro atoms. The molecule has 1 amide bonds. The summed E-state index contributed by atoms with van der Waals surface area (Å²) in [5, 5.41) is 6.39. The smallest absolute Gasteiger partial charge is 0.270 e. The number of carbonyl (C=O) groups excluding carboxylic acids is 1. The minimum atomic E-state index is -0.695. The van der Waals surface area contributed by atoms with E-state index in [0.717, 1.165) is 16.7 Å². The number of nitrogens with zero attached hydrogens (tertiary/aromatic N) is 2. The van der Waals surface area contributed by atoms with E-state index < -0.39 is 6.10 Å².